The van der Waals surface area contributed by atoms with Gasteiger partial charge in [0.25, 0.3) is 0 Å². The third kappa shape index (κ3) is 7.08. The lowest BCUT2D eigenvalue weighted by molar-refractivity contribution is 0.317. The number of ether oxygens (including phenoxy) is 2. The summed E-state index contributed by atoms with van der Waals surface area (Å²) < 4.78 is 10.3. The lowest BCUT2D eigenvalue weighted by Crippen LogP contribution is -2.03. The van der Waals surface area contributed by atoms with Crippen LogP contribution < -0.4 is 9.47 Å². The van der Waals surface area contributed by atoms with E-state index in [2.05, 4.69) is 10.3 Å². The van der Waals surface area contributed by atoms with Gasteiger partial charge < -0.3 is 30.1 Å². The molecule has 0 amide bonds. The van der Waals surface area contributed by atoms with Gasteiger partial charge in [0.2, 0.25) is 0 Å². The van der Waals surface area contributed by atoms with Crippen LogP contribution in [0.25, 0.3) is 0 Å². The van der Waals surface area contributed by atoms with E-state index >= 15 is 0 Å². The maximum Gasteiger partial charge on any atom is 0.125 e. The number of phenols is 2. The molecule has 0 spiro atoms. The molecule has 0 atom stereocenters. The number of benzene rings is 2. The molecule has 2 rings (SSSR count). The summed E-state index contributed by atoms with van der Waals surface area (Å²) in [5, 5.41) is 45.4. The van der Waals surface area contributed by atoms with Crippen LogP contribution in [0.5, 0.6) is 23.0 Å². The molecule has 32 heavy (non-hydrogen) atoms. The maximum absolute atomic E-state index is 10.0. The minimum absolute atomic E-state index is 0.0574. The Morgan fingerprint density at radius 1 is 0.656 bits per heavy atom. The summed E-state index contributed by atoms with van der Waals surface area (Å²) in [4.78, 5) is 0. The van der Waals surface area contributed by atoms with Crippen molar-refractivity contribution in [2.75, 3.05) is 14.2 Å². The lowest BCUT2D eigenvalue weighted by atomic mass is 10.00. The van der Waals surface area contributed by atoms with Gasteiger partial charge in [-0.05, 0) is 62.1 Å². The lowest BCUT2D eigenvalue weighted by Gasteiger charge is -2.10. The smallest absolute Gasteiger partial charge is 0.125 e. The fourth-order valence-electron chi connectivity index (χ4n) is 3.52. The molecule has 0 heterocycles. The molecule has 0 radical (unpaired) electrons. The van der Waals surface area contributed by atoms with Crippen LogP contribution in [-0.2, 0) is 0 Å². The van der Waals surface area contributed by atoms with Crippen molar-refractivity contribution in [2.24, 2.45) is 10.3 Å². The standard InChI is InChI=1S/C24H32N2O6/c1-31-17-11-13-23(27)19(15-17)21(25-29)9-7-5-3-4-6-8-10-22(26-30)20-16-18(32-2)12-14-24(20)28/h11-16,27-30H,3-10H2,1-2H3. The molecular weight excluding hydrogens is 412 g/mol. The Labute approximate surface area is 188 Å². The topological polar surface area (TPSA) is 124 Å². The fraction of sp³-hybridized carbons (Fsp3) is 0.417. The van der Waals surface area contributed by atoms with Crippen molar-refractivity contribution in [3.8, 4) is 23.0 Å². The largest absolute Gasteiger partial charge is 0.507 e. The van der Waals surface area contributed by atoms with Crippen LogP contribution >= 0.6 is 0 Å². The first-order valence-electron chi connectivity index (χ1n) is 10.7. The Morgan fingerprint density at radius 2 is 1.03 bits per heavy atom. The van der Waals surface area contributed by atoms with Crippen LogP contribution in [0.3, 0.4) is 0 Å². The van der Waals surface area contributed by atoms with E-state index < -0.39 is 0 Å². The minimum atomic E-state index is 0.0574. The van der Waals surface area contributed by atoms with Crippen molar-refractivity contribution in [3.05, 3.63) is 47.5 Å². The summed E-state index contributed by atoms with van der Waals surface area (Å²) in [6.07, 6.45) is 6.70. The van der Waals surface area contributed by atoms with Crippen molar-refractivity contribution in [1.29, 1.82) is 0 Å². The van der Waals surface area contributed by atoms with E-state index in [9.17, 15) is 20.6 Å². The number of rotatable bonds is 13. The zero-order valence-corrected chi connectivity index (χ0v) is 18.6. The van der Waals surface area contributed by atoms with E-state index in [0.29, 0.717) is 46.9 Å². The summed E-state index contributed by atoms with van der Waals surface area (Å²) in [5.74, 6) is 1.29. The Kier molecular flexibility index (Phi) is 10.2. The maximum atomic E-state index is 10.0. The van der Waals surface area contributed by atoms with Gasteiger partial charge in [-0.2, -0.15) is 0 Å². The molecule has 0 bridgehead atoms. The number of oxime groups is 2. The Bertz CT molecular complexity index is 851. The van der Waals surface area contributed by atoms with Crippen LogP contribution in [-0.4, -0.2) is 46.3 Å². The predicted molar refractivity (Wildman–Crippen MR) is 123 cm³/mol. The molecule has 0 saturated heterocycles. The van der Waals surface area contributed by atoms with Gasteiger partial charge in [-0.1, -0.05) is 36.0 Å². The van der Waals surface area contributed by atoms with Crippen molar-refractivity contribution < 1.29 is 30.1 Å². The number of unbranched alkanes of at least 4 members (excludes halogenated alkanes) is 5. The number of phenolic OH excluding ortho intramolecular Hbond substituents is 2. The second kappa shape index (κ2) is 13.1. The molecule has 174 valence electrons. The molecule has 0 fully saturated rings. The van der Waals surface area contributed by atoms with Gasteiger partial charge >= 0.3 is 0 Å². The van der Waals surface area contributed by atoms with Crippen molar-refractivity contribution in [3.63, 3.8) is 0 Å². The first-order chi connectivity index (χ1) is 15.5. The molecule has 0 aliphatic rings. The number of hydrogen-bond donors (Lipinski definition) is 4. The monoisotopic (exact) mass is 444 g/mol. The zero-order chi connectivity index (χ0) is 23.3. The fourth-order valence-corrected chi connectivity index (χ4v) is 3.52. The Hall–Kier alpha value is -3.42. The molecule has 0 aromatic heterocycles. The molecule has 0 saturated carbocycles. The van der Waals surface area contributed by atoms with Gasteiger partial charge in [0.15, 0.2) is 0 Å². The first kappa shape index (κ1) is 24.8. The Balaban J connectivity index is 1.71. The van der Waals surface area contributed by atoms with Gasteiger partial charge in [-0.15, -0.1) is 0 Å². The van der Waals surface area contributed by atoms with Gasteiger partial charge in [0, 0.05) is 11.1 Å². The second-order valence-electron chi connectivity index (χ2n) is 7.48. The number of methoxy groups -OCH3 is 2. The van der Waals surface area contributed by atoms with Crippen LogP contribution in [0.15, 0.2) is 46.7 Å². The second-order valence-corrected chi connectivity index (χ2v) is 7.48. The summed E-state index contributed by atoms with van der Waals surface area (Å²) in [6.45, 7) is 0. The third-order valence-corrected chi connectivity index (χ3v) is 5.35. The summed E-state index contributed by atoms with van der Waals surface area (Å²) in [7, 11) is 3.08. The van der Waals surface area contributed by atoms with Crippen LogP contribution in [0.1, 0.15) is 62.5 Å². The summed E-state index contributed by atoms with van der Waals surface area (Å²) >= 11 is 0. The Morgan fingerprint density at radius 3 is 1.38 bits per heavy atom. The average molecular weight is 445 g/mol. The number of nitrogens with zero attached hydrogens (tertiary/aromatic N) is 2. The van der Waals surface area contributed by atoms with Crippen LogP contribution in [0.2, 0.25) is 0 Å². The highest BCUT2D eigenvalue weighted by Gasteiger charge is 2.12. The van der Waals surface area contributed by atoms with E-state index in [-0.39, 0.29) is 11.5 Å². The summed E-state index contributed by atoms with van der Waals surface area (Å²) in [6, 6.07) is 9.66. The molecule has 0 aliphatic carbocycles. The van der Waals surface area contributed by atoms with Gasteiger partial charge in [-0.3, -0.25) is 0 Å². The molecule has 4 N–H and O–H groups in total. The quantitative estimate of drug-likeness (QED) is 0.144. The molecule has 0 unspecified atom stereocenters. The van der Waals surface area contributed by atoms with Gasteiger partial charge in [0.1, 0.15) is 23.0 Å². The number of aromatic hydroxyl groups is 2. The van der Waals surface area contributed by atoms with E-state index in [4.69, 9.17) is 9.47 Å². The molecular formula is C24H32N2O6. The SMILES string of the molecule is COc1ccc(O)c(C(CCCCCCCCC(=NO)c2cc(OC)ccc2O)=NO)c1. The highest BCUT2D eigenvalue weighted by molar-refractivity contribution is 6.03. The minimum Gasteiger partial charge on any atom is -0.507 e. The van der Waals surface area contributed by atoms with E-state index in [1.54, 1.807) is 38.5 Å². The molecule has 2 aromatic carbocycles. The molecule has 8 heteroatoms. The number of hydrogen-bond acceptors (Lipinski definition) is 8. The van der Waals surface area contributed by atoms with E-state index in [0.717, 1.165) is 38.5 Å². The van der Waals surface area contributed by atoms with Crippen LogP contribution in [0, 0.1) is 0 Å². The summed E-state index contributed by atoms with van der Waals surface area (Å²) in [5.41, 5.74) is 1.82. The van der Waals surface area contributed by atoms with Crippen molar-refractivity contribution >= 4 is 11.4 Å². The van der Waals surface area contributed by atoms with Crippen LogP contribution in [0.4, 0.5) is 0 Å². The highest BCUT2D eigenvalue weighted by Crippen LogP contribution is 2.27. The van der Waals surface area contributed by atoms with Gasteiger partial charge in [0.05, 0.1) is 25.6 Å². The van der Waals surface area contributed by atoms with Crippen molar-refractivity contribution in [2.45, 2.75) is 51.4 Å². The highest BCUT2D eigenvalue weighted by atomic mass is 16.5. The molecule has 0 aliphatic heterocycles. The first-order valence-corrected chi connectivity index (χ1v) is 10.7. The molecule has 2 aromatic rings. The third-order valence-electron chi connectivity index (χ3n) is 5.35. The van der Waals surface area contributed by atoms with Crippen molar-refractivity contribution in [1.82, 2.24) is 0 Å². The average Bonchev–Trinajstić information content (AvgIpc) is 2.82. The van der Waals surface area contributed by atoms with E-state index in [1.165, 1.54) is 12.1 Å². The zero-order valence-electron chi connectivity index (χ0n) is 18.6. The van der Waals surface area contributed by atoms with Gasteiger partial charge in [-0.25, -0.2) is 0 Å². The normalized spacial score (nSPS) is 12.1. The molecule has 8 nitrogen and oxygen atoms in total. The van der Waals surface area contributed by atoms with E-state index in [1.807, 2.05) is 0 Å². The predicted octanol–water partition coefficient (Wildman–Crippen LogP) is 5.29.